The zero-order chi connectivity index (χ0) is 23.4. The number of nitrogens with zero attached hydrogens (tertiary/aromatic N) is 1. The number of hydrogen-bond acceptors (Lipinski definition) is 5. The molecule has 0 radical (unpaired) electrons. The van der Waals surface area contributed by atoms with Gasteiger partial charge in [-0.25, -0.2) is 0 Å². The Balaban J connectivity index is 1.42. The number of carbonyl (C=O) groups is 2. The van der Waals surface area contributed by atoms with Crippen molar-refractivity contribution in [2.45, 2.75) is 37.1 Å². The fourth-order valence-corrected chi connectivity index (χ4v) is 6.04. The van der Waals surface area contributed by atoms with Gasteiger partial charge in [0, 0.05) is 30.8 Å². The van der Waals surface area contributed by atoms with Crippen molar-refractivity contribution >= 4 is 29.7 Å². The first kappa shape index (κ1) is 23.2. The molecular weight excluding hydrogens is 436 g/mol. The van der Waals surface area contributed by atoms with Crippen LogP contribution in [0.1, 0.15) is 30.4 Å². The second kappa shape index (κ2) is 10.3. The number of carbonyl (C=O) groups excluding carboxylic acids is 2. The third kappa shape index (κ3) is 5.19. The molecule has 3 unspecified atom stereocenters. The molecule has 2 fully saturated rings. The second-order valence-corrected chi connectivity index (χ2v) is 9.76. The van der Waals surface area contributed by atoms with Crippen molar-refractivity contribution in [1.29, 1.82) is 0 Å². The monoisotopic (exact) mass is 466 g/mol. The van der Waals surface area contributed by atoms with Crippen LogP contribution in [0, 0.1) is 5.92 Å². The van der Waals surface area contributed by atoms with E-state index in [2.05, 4.69) is 5.32 Å². The van der Waals surface area contributed by atoms with E-state index in [4.69, 9.17) is 9.47 Å². The number of rotatable bonds is 6. The molecule has 2 aromatic carbocycles. The maximum Gasteiger partial charge on any atom is 0.260 e. The lowest BCUT2D eigenvalue weighted by Crippen LogP contribution is -2.52. The molecule has 6 nitrogen and oxygen atoms in total. The summed E-state index contributed by atoms with van der Waals surface area (Å²) in [5.41, 5.74) is 1.98. The van der Waals surface area contributed by atoms with E-state index >= 15 is 0 Å². The maximum absolute atomic E-state index is 13.1. The number of likely N-dealkylation sites (N-methyl/N-ethyl adjacent to an activating group) is 1. The van der Waals surface area contributed by atoms with Gasteiger partial charge in [0.05, 0.1) is 19.1 Å². The molecule has 3 atom stereocenters. The highest BCUT2D eigenvalue weighted by molar-refractivity contribution is 8.04. The van der Waals surface area contributed by atoms with Gasteiger partial charge in [-0.2, -0.15) is 0 Å². The van der Waals surface area contributed by atoms with Gasteiger partial charge in [-0.15, -0.1) is 11.8 Å². The summed E-state index contributed by atoms with van der Waals surface area (Å²) in [6, 6.07) is 15.6. The predicted molar refractivity (Wildman–Crippen MR) is 131 cm³/mol. The van der Waals surface area contributed by atoms with Crippen molar-refractivity contribution in [3.05, 3.63) is 64.6 Å². The van der Waals surface area contributed by atoms with Gasteiger partial charge in [0.1, 0.15) is 0 Å². The Morgan fingerprint density at radius 3 is 2.61 bits per heavy atom. The van der Waals surface area contributed by atoms with Crippen molar-refractivity contribution in [3.63, 3.8) is 0 Å². The van der Waals surface area contributed by atoms with Gasteiger partial charge in [-0.1, -0.05) is 36.4 Å². The van der Waals surface area contributed by atoms with Gasteiger partial charge < -0.3 is 19.7 Å². The lowest BCUT2D eigenvalue weighted by molar-refractivity contribution is -0.132. The van der Waals surface area contributed by atoms with Crippen molar-refractivity contribution in [2.24, 2.45) is 5.92 Å². The number of methoxy groups -OCH3 is 2. The lowest BCUT2D eigenvalue weighted by atomic mass is 9.83. The second-order valence-electron chi connectivity index (χ2n) is 8.48. The van der Waals surface area contributed by atoms with Crippen molar-refractivity contribution in [1.82, 2.24) is 10.2 Å². The number of amides is 2. The average Bonchev–Trinajstić information content (AvgIpc) is 2.86. The molecule has 1 aliphatic carbocycles. The van der Waals surface area contributed by atoms with Crippen LogP contribution in [-0.4, -0.2) is 49.3 Å². The molecule has 0 aromatic heterocycles. The molecular formula is C26H30N2O4S. The van der Waals surface area contributed by atoms with Crippen LogP contribution in [0.25, 0.3) is 6.08 Å². The number of ether oxygens (including phenoxy) is 2. The number of thioether (sulfide) groups is 1. The molecule has 4 rings (SSSR count). The summed E-state index contributed by atoms with van der Waals surface area (Å²) < 4.78 is 10.7. The Hall–Kier alpha value is -2.93. The smallest absolute Gasteiger partial charge is 0.260 e. The van der Waals surface area contributed by atoms with Crippen LogP contribution in [-0.2, 0) is 16.1 Å². The molecule has 33 heavy (non-hydrogen) atoms. The third-order valence-corrected chi connectivity index (χ3v) is 7.85. The molecule has 2 aliphatic rings. The third-order valence-electron chi connectivity index (χ3n) is 6.45. The topological polar surface area (TPSA) is 67.9 Å². The van der Waals surface area contributed by atoms with Gasteiger partial charge in [0.25, 0.3) is 5.91 Å². The first-order valence-corrected chi connectivity index (χ1v) is 12.1. The molecule has 2 amide bonds. The highest BCUT2D eigenvalue weighted by Crippen LogP contribution is 2.43. The van der Waals surface area contributed by atoms with Gasteiger partial charge in [0.15, 0.2) is 11.5 Å². The normalized spacial score (nSPS) is 23.7. The van der Waals surface area contributed by atoms with E-state index in [1.807, 2.05) is 66.6 Å². The van der Waals surface area contributed by atoms with Crippen LogP contribution in [0.15, 0.2) is 53.4 Å². The van der Waals surface area contributed by atoms with Gasteiger partial charge >= 0.3 is 0 Å². The van der Waals surface area contributed by atoms with Gasteiger partial charge in [-0.05, 0) is 48.6 Å². The van der Waals surface area contributed by atoms with E-state index in [1.165, 1.54) is 0 Å². The first-order valence-electron chi connectivity index (χ1n) is 11.2. The summed E-state index contributed by atoms with van der Waals surface area (Å²) in [4.78, 5) is 28.5. The van der Waals surface area contributed by atoms with E-state index in [1.54, 1.807) is 26.0 Å². The Kier molecular flexibility index (Phi) is 7.28. The molecule has 7 heteroatoms. The van der Waals surface area contributed by atoms with Crippen LogP contribution in [0.2, 0.25) is 0 Å². The fourth-order valence-electron chi connectivity index (χ4n) is 4.56. The van der Waals surface area contributed by atoms with Crippen LogP contribution >= 0.6 is 11.8 Å². The largest absolute Gasteiger partial charge is 0.493 e. The quantitative estimate of drug-likeness (QED) is 0.649. The van der Waals surface area contributed by atoms with Crippen LogP contribution in [0.3, 0.4) is 0 Å². The summed E-state index contributed by atoms with van der Waals surface area (Å²) in [5.74, 6) is 1.30. The van der Waals surface area contributed by atoms with E-state index in [0.717, 1.165) is 28.9 Å². The average molecular weight is 467 g/mol. The minimum atomic E-state index is -0.0674. The van der Waals surface area contributed by atoms with Crippen LogP contribution < -0.4 is 14.8 Å². The van der Waals surface area contributed by atoms with Crippen molar-refractivity contribution in [2.75, 3.05) is 21.3 Å². The summed E-state index contributed by atoms with van der Waals surface area (Å²) in [5, 5.41) is 3.36. The molecule has 1 saturated carbocycles. The van der Waals surface area contributed by atoms with Gasteiger partial charge in [-0.3, -0.25) is 9.59 Å². The van der Waals surface area contributed by atoms with Crippen molar-refractivity contribution in [3.8, 4) is 11.5 Å². The minimum absolute atomic E-state index is 0.00128. The molecule has 174 valence electrons. The fraction of sp³-hybridized carbons (Fsp3) is 0.385. The van der Waals surface area contributed by atoms with E-state index < -0.39 is 0 Å². The molecule has 0 bridgehead atoms. The Labute approximate surface area is 199 Å². The predicted octanol–water partition coefficient (Wildman–Crippen LogP) is 4.10. The summed E-state index contributed by atoms with van der Waals surface area (Å²) in [6.45, 7) is 0.534. The molecule has 2 aromatic rings. The Morgan fingerprint density at radius 1 is 1.12 bits per heavy atom. The first-order chi connectivity index (χ1) is 16.0. The number of nitrogens with one attached hydrogen (secondary N) is 1. The standard InChI is InChI=1S/C26H30N2O4S/c1-28-20-15-19(25(29)27-16-17-7-5-4-6-8-17)10-12-23(20)33-24(26(28)30)14-18-9-11-21(31-2)22(13-18)32-3/h4-9,11,13-14,19-20,23H,10,12,15-16H2,1-3H3,(H,27,29)/b24-14-. The van der Waals surface area contributed by atoms with Crippen LogP contribution in [0.4, 0.5) is 0 Å². The van der Waals surface area contributed by atoms with E-state index in [9.17, 15) is 9.59 Å². The summed E-state index contributed by atoms with van der Waals surface area (Å²) >= 11 is 1.64. The number of fused-ring (bicyclic) bond motifs is 1. The summed E-state index contributed by atoms with van der Waals surface area (Å²) in [6.07, 6.45) is 4.35. The maximum atomic E-state index is 13.1. The lowest BCUT2D eigenvalue weighted by Gasteiger charge is -2.44. The summed E-state index contributed by atoms with van der Waals surface area (Å²) in [7, 11) is 5.05. The molecule has 1 N–H and O–H groups in total. The highest BCUT2D eigenvalue weighted by atomic mass is 32.2. The number of hydrogen-bond donors (Lipinski definition) is 1. The zero-order valence-electron chi connectivity index (χ0n) is 19.2. The Bertz CT molecular complexity index is 1040. The zero-order valence-corrected chi connectivity index (χ0v) is 20.1. The molecule has 1 saturated heterocycles. The molecule has 1 heterocycles. The van der Waals surface area contributed by atoms with Gasteiger partial charge in [0.2, 0.25) is 5.91 Å². The number of benzene rings is 2. The van der Waals surface area contributed by atoms with Crippen LogP contribution in [0.5, 0.6) is 11.5 Å². The SMILES string of the molecule is COc1ccc(/C=C2\SC3CCC(C(=O)NCc4ccccc4)CC3N(C)C2=O)cc1OC. The molecule has 0 spiro atoms. The minimum Gasteiger partial charge on any atom is -0.493 e. The van der Waals surface area contributed by atoms with E-state index in [0.29, 0.717) is 24.5 Å². The van der Waals surface area contributed by atoms with E-state index in [-0.39, 0.29) is 29.0 Å². The molecule has 1 aliphatic heterocycles. The van der Waals surface area contributed by atoms with Crippen molar-refractivity contribution < 1.29 is 19.1 Å². The highest BCUT2D eigenvalue weighted by Gasteiger charge is 2.42. The Morgan fingerprint density at radius 2 is 1.88 bits per heavy atom.